The average Bonchev–Trinajstić information content (AvgIpc) is 2.27. The molecule has 1 fully saturated rings. The van der Waals surface area contributed by atoms with Crippen LogP contribution in [-0.2, 0) is 0 Å². The Balaban J connectivity index is 2.29. The molecule has 0 aliphatic heterocycles. The van der Waals surface area contributed by atoms with Crippen LogP contribution in [-0.4, -0.2) is 13.1 Å². The lowest BCUT2D eigenvalue weighted by Gasteiger charge is -2.39. The van der Waals surface area contributed by atoms with Gasteiger partial charge in [-0.15, -0.1) is 0 Å². The van der Waals surface area contributed by atoms with Crippen molar-refractivity contribution in [2.24, 2.45) is 17.3 Å². The summed E-state index contributed by atoms with van der Waals surface area (Å²) in [6.45, 7) is 11.8. The van der Waals surface area contributed by atoms with Crippen molar-refractivity contribution in [2.75, 3.05) is 13.1 Å². The maximum absolute atomic E-state index is 3.49. The molecule has 1 aliphatic carbocycles. The molecule has 0 aromatic rings. The molecule has 0 radical (unpaired) electrons. The highest BCUT2D eigenvalue weighted by atomic mass is 14.8. The number of hydrogen-bond acceptors (Lipinski definition) is 1. The molecule has 0 aromatic carbocycles. The summed E-state index contributed by atoms with van der Waals surface area (Å²) in [6, 6.07) is 0. The minimum atomic E-state index is 0.573. The first kappa shape index (κ1) is 13.0. The highest BCUT2D eigenvalue weighted by Crippen LogP contribution is 2.41. The van der Waals surface area contributed by atoms with Gasteiger partial charge in [-0.3, -0.25) is 0 Å². The van der Waals surface area contributed by atoms with Crippen LogP contribution in [0.3, 0.4) is 0 Å². The third-order valence-electron chi connectivity index (χ3n) is 4.55. The summed E-state index contributed by atoms with van der Waals surface area (Å²) >= 11 is 0. The van der Waals surface area contributed by atoms with Gasteiger partial charge in [-0.2, -0.15) is 0 Å². The quantitative estimate of drug-likeness (QED) is 0.728. The molecule has 90 valence electrons. The molecule has 0 heterocycles. The van der Waals surface area contributed by atoms with Gasteiger partial charge in [-0.05, 0) is 56.0 Å². The van der Waals surface area contributed by atoms with Crippen LogP contribution >= 0.6 is 0 Å². The Labute approximate surface area is 96.0 Å². The van der Waals surface area contributed by atoms with Crippen LogP contribution in [0.25, 0.3) is 0 Å². The minimum absolute atomic E-state index is 0.573. The molecule has 1 nitrogen and oxygen atoms in total. The Bertz CT molecular complexity index is 166. The zero-order valence-corrected chi connectivity index (χ0v) is 11.1. The summed E-state index contributed by atoms with van der Waals surface area (Å²) in [7, 11) is 0. The van der Waals surface area contributed by atoms with Gasteiger partial charge >= 0.3 is 0 Å². The van der Waals surface area contributed by atoms with E-state index in [1.54, 1.807) is 0 Å². The van der Waals surface area contributed by atoms with Crippen molar-refractivity contribution in [1.29, 1.82) is 0 Å². The molecule has 0 aromatic heterocycles. The topological polar surface area (TPSA) is 12.0 Å². The Kier molecular flexibility index (Phi) is 5.11. The molecule has 15 heavy (non-hydrogen) atoms. The van der Waals surface area contributed by atoms with E-state index in [4.69, 9.17) is 0 Å². The van der Waals surface area contributed by atoms with E-state index in [1.165, 1.54) is 38.6 Å². The summed E-state index contributed by atoms with van der Waals surface area (Å²) in [5.74, 6) is 1.93. The fourth-order valence-corrected chi connectivity index (χ4v) is 2.79. The molecule has 0 atom stereocenters. The predicted molar refractivity (Wildman–Crippen MR) is 68.1 cm³/mol. The summed E-state index contributed by atoms with van der Waals surface area (Å²) < 4.78 is 0. The van der Waals surface area contributed by atoms with Crippen molar-refractivity contribution in [3.05, 3.63) is 0 Å². The molecule has 1 rings (SSSR count). The normalized spacial score (nSPS) is 28.0. The third-order valence-corrected chi connectivity index (χ3v) is 4.55. The molecule has 0 bridgehead atoms. The van der Waals surface area contributed by atoms with Crippen LogP contribution in [0.1, 0.15) is 59.8 Å². The second-order valence-corrected chi connectivity index (χ2v) is 5.87. The monoisotopic (exact) mass is 211 g/mol. The van der Waals surface area contributed by atoms with Gasteiger partial charge in [-0.1, -0.05) is 34.1 Å². The van der Waals surface area contributed by atoms with E-state index in [-0.39, 0.29) is 0 Å². The molecule has 0 saturated heterocycles. The van der Waals surface area contributed by atoms with E-state index in [9.17, 15) is 0 Å². The molecule has 1 N–H and O–H groups in total. The second kappa shape index (κ2) is 5.89. The van der Waals surface area contributed by atoms with E-state index in [1.807, 2.05) is 0 Å². The first-order valence-corrected chi connectivity index (χ1v) is 6.80. The summed E-state index contributed by atoms with van der Waals surface area (Å²) in [5.41, 5.74) is 0.573. The fraction of sp³-hybridized carbons (Fsp3) is 1.00. The maximum Gasteiger partial charge on any atom is -0.00206 e. The lowest BCUT2D eigenvalue weighted by atomic mass is 9.67. The van der Waals surface area contributed by atoms with Gasteiger partial charge in [-0.25, -0.2) is 0 Å². The number of nitrogens with one attached hydrogen (secondary N) is 1. The SMILES string of the molecule is CCNCC1CCC(C(C)(C)CC)CC1. The first-order valence-electron chi connectivity index (χ1n) is 6.80. The first-order chi connectivity index (χ1) is 7.10. The molecule has 0 unspecified atom stereocenters. The zero-order valence-electron chi connectivity index (χ0n) is 11.1. The Morgan fingerprint density at radius 1 is 1.07 bits per heavy atom. The molecule has 1 aliphatic rings. The minimum Gasteiger partial charge on any atom is -0.317 e. The van der Waals surface area contributed by atoms with Crippen LogP contribution < -0.4 is 5.32 Å². The van der Waals surface area contributed by atoms with E-state index in [0.29, 0.717) is 5.41 Å². The van der Waals surface area contributed by atoms with Crippen molar-refractivity contribution < 1.29 is 0 Å². The van der Waals surface area contributed by atoms with E-state index in [2.05, 4.69) is 33.0 Å². The van der Waals surface area contributed by atoms with Crippen molar-refractivity contribution in [2.45, 2.75) is 59.8 Å². The van der Waals surface area contributed by atoms with Crippen LogP contribution in [0.2, 0.25) is 0 Å². The average molecular weight is 211 g/mol. The van der Waals surface area contributed by atoms with Crippen molar-refractivity contribution in [3.8, 4) is 0 Å². The van der Waals surface area contributed by atoms with Gasteiger partial charge in [0, 0.05) is 0 Å². The van der Waals surface area contributed by atoms with Gasteiger partial charge in [0.15, 0.2) is 0 Å². The van der Waals surface area contributed by atoms with Gasteiger partial charge in [0.2, 0.25) is 0 Å². The Morgan fingerprint density at radius 2 is 1.67 bits per heavy atom. The Hall–Kier alpha value is -0.0400. The van der Waals surface area contributed by atoms with E-state index in [0.717, 1.165) is 18.4 Å². The highest BCUT2D eigenvalue weighted by molar-refractivity contribution is 4.83. The van der Waals surface area contributed by atoms with Crippen molar-refractivity contribution in [3.63, 3.8) is 0 Å². The van der Waals surface area contributed by atoms with E-state index >= 15 is 0 Å². The molecule has 1 saturated carbocycles. The highest BCUT2D eigenvalue weighted by Gasteiger charge is 2.31. The van der Waals surface area contributed by atoms with Crippen molar-refractivity contribution >= 4 is 0 Å². The van der Waals surface area contributed by atoms with Crippen LogP contribution in [0.5, 0.6) is 0 Å². The molecular weight excluding hydrogens is 182 g/mol. The van der Waals surface area contributed by atoms with Crippen LogP contribution in [0.15, 0.2) is 0 Å². The predicted octanol–water partition coefficient (Wildman–Crippen LogP) is 3.84. The number of hydrogen-bond donors (Lipinski definition) is 1. The maximum atomic E-state index is 3.49. The van der Waals surface area contributed by atoms with Gasteiger partial charge in [0.1, 0.15) is 0 Å². The molecular formula is C14H29N. The van der Waals surface area contributed by atoms with Gasteiger partial charge in [0.25, 0.3) is 0 Å². The second-order valence-electron chi connectivity index (χ2n) is 5.87. The van der Waals surface area contributed by atoms with E-state index < -0.39 is 0 Å². The molecule has 1 heteroatoms. The third kappa shape index (κ3) is 3.79. The standard InChI is InChI=1S/C14H29N/c1-5-14(3,4)13-9-7-12(8-10-13)11-15-6-2/h12-13,15H,5-11H2,1-4H3. The molecule has 0 spiro atoms. The van der Waals surface area contributed by atoms with Gasteiger partial charge < -0.3 is 5.32 Å². The summed E-state index contributed by atoms with van der Waals surface area (Å²) in [6.07, 6.45) is 7.13. The lowest BCUT2D eigenvalue weighted by Crippen LogP contribution is -2.31. The lowest BCUT2D eigenvalue weighted by molar-refractivity contribution is 0.128. The van der Waals surface area contributed by atoms with Crippen LogP contribution in [0.4, 0.5) is 0 Å². The van der Waals surface area contributed by atoms with Gasteiger partial charge in [0.05, 0.1) is 0 Å². The van der Waals surface area contributed by atoms with Crippen molar-refractivity contribution in [1.82, 2.24) is 5.32 Å². The smallest absolute Gasteiger partial charge is 0.00206 e. The fourth-order valence-electron chi connectivity index (χ4n) is 2.79. The Morgan fingerprint density at radius 3 is 2.13 bits per heavy atom. The molecule has 0 amide bonds. The zero-order chi connectivity index (χ0) is 11.3. The largest absolute Gasteiger partial charge is 0.317 e. The van der Waals surface area contributed by atoms with Crippen LogP contribution in [0, 0.1) is 17.3 Å². The number of rotatable bonds is 5. The summed E-state index contributed by atoms with van der Waals surface area (Å²) in [4.78, 5) is 0. The summed E-state index contributed by atoms with van der Waals surface area (Å²) in [5, 5.41) is 3.49.